The highest BCUT2D eigenvalue weighted by Gasteiger charge is 2.38. The van der Waals surface area contributed by atoms with E-state index in [2.05, 4.69) is 29.0 Å². The third kappa shape index (κ3) is 9.66. The number of amides is 3. The summed E-state index contributed by atoms with van der Waals surface area (Å²) in [5, 5.41) is 18.5. The summed E-state index contributed by atoms with van der Waals surface area (Å²) in [6, 6.07) is 5.36. The molecule has 1 aliphatic rings. The first-order chi connectivity index (χ1) is 16.6. The van der Waals surface area contributed by atoms with Crippen LogP contribution in [0.25, 0.3) is 0 Å². The SMILES string of the molecule is CC(=O)N1CC(C#CC#Cc2ccc(C(=O)N[C@H](C(=O)NO)C(C)(C)N)cc2)C1.O=C(O)C(F)(F)F. The molecule has 0 radical (unpaired) electrons. The van der Waals surface area contributed by atoms with E-state index in [-0.39, 0.29) is 11.8 Å². The number of nitrogens with one attached hydrogen (secondary N) is 2. The van der Waals surface area contributed by atoms with Crippen LogP contribution < -0.4 is 16.5 Å². The lowest BCUT2D eigenvalue weighted by atomic mass is 9.95. The minimum atomic E-state index is -5.08. The van der Waals surface area contributed by atoms with Crippen LogP contribution in [0.2, 0.25) is 0 Å². The van der Waals surface area contributed by atoms with Gasteiger partial charge in [0, 0.05) is 36.7 Å². The molecule has 194 valence electrons. The Morgan fingerprint density at radius 1 is 1.11 bits per heavy atom. The van der Waals surface area contributed by atoms with E-state index in [1.54, 1.807) is 43.0 Å². The van der Waals surface area contributed by atoms with E-state index in [0.717, 1.165) is 0 Å². The van der Waals surface area contributed by atoms with Crippen LogP contribution in [-0.4, -0.2) is 69.8 Å². The predicted octanol–water partition coefficient (Wildman–Crippen LogP) is 0.494. The van der Waals surface area contributed by atoms with Crippen LogP contribution in [0, 0.1) is 29.6 Å². The second-order valence-electron chi connectivity index (χ2n) is 8.22. The molecule has 6 N–H and O–H groups in total. The van der Waals surface area contributed by atoms with Gasteiger partial charge in [0.1, 0.15) is 6.04 Å². The summed E-state index contributed by atoms with van der Waals surface area (Å²) in [4.78, 5) is 45.8. The van der Waals surface area contributed by atoms with Gasteiger partial charge in [-0.25, -0.2) is 10.3 Å². The Hall–Kier alpha value is -4.07. The zero-order chi connectivity index (χ0) is 27.7. The number of carboxylic acids is 1. The number of nitrogens with zero attached hydrogens (tertiary/aromatic N) is 1. The molecule has 0 unspecified atom stereocenters. The Labute approximate surface area is 205 Å². The van der Waals surface area contributed by atoms with E-state index >= 15 is 0 Å². The Morgan fingerprint density at radius 3 is 2.06 bits per heavy atom. The third-order valence-electron chi connectivity index (χ3n) is 4.65. The molecule has 3 amide bonds. The molecule has 1 aliphatic heterocycles. The van der Waals surface area contributed by atoms with Gasteiger partial charge in [-0.3, -0.25) is 19.6 Å². The lowest BCUT2D eigenvalue weighted by Gasteiger charge is -2.35. The molecule has 1 atom stereocenters. The minimum absolute atomic E-state index is 0.0524. The number of halogens is 3. The quantitative estimate of drug-likeness (QED) is 0.224. The molecule has 0 aromatic heterocycles. The Balaban J connectivity index is 0.000000809. The monoisotopic (exact) mass is 510 g/mol. The van der Waals surface area contributed by atoms with Crippen molar-refractivity contribution in [3.05, 3.63) is 35.4 Å². The molecule has 13 heteroatoms. The molecule has 0 saturated carbocycles. The summed E-state index contributed by atoms with van der Waals surface area (Å²) in [5.74, 6) is 7.58. The highest BCUT2D eigenvalue weighted by atomic mass is 19.4. The van der Waals surface area contributed by atoms with Crippen LogP contribution in [0.4, 0.5) is 13.2 Å². The molecule has 36 heavy (non-hydrogen) atoms. The van der Waals surface area contributed by atoms with Gasteiger partial charge in [-0.2, -0.15) is 13.2 Å². The van der Waals surface area contributed by atoms with Crippen LogP contribution in [0.1, 0.15) is 36.7 Å². The lowest BCUT2D eigenvalue weighted by molar-refractivity contribution is -0.192. The van der Waals surface area contributed by atoms with Crippen molar-refractivity contribution in [2.24, 2.45) is 11.7 Å². The van der Waals surface area contributed by atoms with Crippen molar-refractivity contribution in [2.45, 2.75) is 38.5 Å². The molecular formula is C23H25F3N4O6. The number of carbonyl (C=O) groups is 4. The van der Waals surface area contributed by atoms with Crippen molar-refractivity contribution in [3.63, 3.8) is 0 Å². The average Bonchev–Trinajstić information content (AvgIpc) is 2.74. The molecule has 1 heterocycles. The number of carbonyl (C=O) groups excluding carboxylic acids is 3. The van der Waals surface area contributed by atoms with Crippen molar-refractivity contribution >= 4 is 23.7 Å². The van der Waals surface area contributed by atoms with Crippen LogP contribution in [0.5, 0.6) is 0 Å². The van der Waals surface area contributed by atoms with Crippen LogP contribution in [0.15, 0.2) is 24.3 Å². The van der Waals surface area contributed by atoms with Gasteiger partial charge in [-0.05, 0) is 50.0 Å². The summed E-state index contributed by atoms with van der Waals surface area (Å²) in [5.41, 5.74) is 7.33. The number of rotatable bonds is 4. The molecular weight excluding hydrogens is 485 g/mol. The number of benzene rings is 1. The number of carboxylic acid groups (broad SMARTS) is 1. The average molecular weight is 510 g/mol. The molecule has 1 aromatic rings. The number of aliphatic carboxylic acids is 1. The van der Waals surface area contributed by atoms with E-state index in [9.17, 15) is 27.6 Å². The normalized spacial score (nSPS) is 13.7. The number of alkyl halides is 3. The van der Waals surface area contributed by atoms with E-state index < -0.39 is 35.5 Å². The van der Waals surface area contributed by atoms with Gasteiger partial charge in [0.25, 0.3) is 11.8 Å². The van der Waals surface area contributed by atoms with E-state index in [0.29, 0.717) is 24.2 Å². The van der Waals surface area contributed by atoms with Crippen LogP contribution in [0.3, 0.4) is 0 Å². The fourth-order valence-corrected chi connectivity index (χ4v) is 2.64. The fraction of sp³-hybridized carbons (Fsp3) is 0.391. The Kier molecular flexibility index (Phi) is 10.5. The highest BCUT2D eigenvalue weighted by Crippen LogP contribution is 2.14. The maximum absolute atomic E-state index is 12.4. The molecule has 1 saturated heterocycles. The number of likely N-dealkylation sites (tertiary alicyclic amines) is 1. The summed E-state index contributed by atoms with van der Waals surface area (Å²) in [7, 11) is 0. The zero-order valence-corrected chi connectivity index (χ0v) is 19.6. The number of hydrogen-bond donors (Lipinski definition) is 5. The maximum atomic E-state index is 12.4. The summed E-state index contributed by atoms with van der Waals surface area (Å²) >= 11 is 0. The van der Waals surface area contributed by atoms with E-state index in [4.69, 9.17) is 20.8 Å². The Morgan fingerprint density at radius 2 is 1.64 bits per heavy atom. The first-order valence-electron chi connectivity index (χ1n) is 10.3. The second-order valence-corrected chi connectivity index (χ2v) is 8.22. The molecule has 1 aromatic carbocycles. The molecule has 0 aliphatic carbocycles. The van der Waals surface area contributed by atoms with Crippen molar-refractivity contribution < 1.29 is 42.7 Å². The summed E-state index contributed by atoms with van der Waals surface area (Å²) in [6.07, 6.45) is -5.08. The van der Waals surface area contributed by atoms with Gasteiger partial charge in [0.2, 0.25) is 5.91 Å². The topological polar surface area (TPSA) is 162 Å². The van der Waals surface area contributed by atoms with Crippen molar-refractivity contribution in [1.82, 2.24) is 15.7 Å². The highest BCUT2D eigenvalue weighted by molar-refractivity contribution is 5.97. The molecule has 2 rings (SSSR count). The summed E-state index contributed by atoms with van der Waals surface area (Å²) in [6.45, 7) is 5.94. The first kappa shape index (κ1) is 30.0. The van der Waals surface area contributed by atoms with Crippen molar-refractivity contribution in [3.8, 4) is 23.7 Å². The predicted molar refractivity (Wildman–Crippen MR) is 120 cm³/mol. The van der Waals surface area contributed by atoms with Gasteiger partial charge in [0.15, 0.2) is 0 Å². The second kappa shape index (κ2) is 12.6. The van der Waals surface area contributed by atoms with Gasteiger partial charge in [-0.1, -0.05) is 11.8 Å². The molecule has 0 bridgehead atoms. The number of nitrogens with two attached hydrogens (primary N) is 1. The standard InChI is InChI=1S/C21H24N4O4.C2HF3O2/c1-14(26)25-12-16(13-25)7-5-4-6-15-8-10-17(11-9-15)19(27)23-18(20(28)24-29)21(2,3)22;3-2(4,5)1(6)7/h8-11,16,18,29H,12-13,22H2,1-3H3,(H,23,27)(H,24,28);(H,6,7)/t18-;/m1./s1. The lowest BCUT2D eigenvalue weighted by Crippen LogP contribution is -2.61. The van der Waals surface area contributed by atoms with Gasteiger partial charge >= 0.3 is 12.1 Å². The molecule has 1 fully saturated rings. The summed E-state index contributed by atoms with van der Waals surface area (Å²) < 4.78 is 31.7. The zero-order valence-electron chi connectivity index (χ0n) is 19.6. The van der Waals surface area contributed by atoms with Crippen molar-refractivity contribution in [1.29, 1.82) is 0 Å². The van der Waals surface area contributed by atoms with E-state index in [1.807, 2.05) is 0 Å². The number of hydroxylamine groups is 1. The van der Waals surface area contributed by atoms with Gasteiger partial charge in [0.05, 0.1) is 5.92 Å². The van der Waals surface area contributed by atoms with Gasteiger partial charge < -0.3 is 21.1 Å². The smallest absolute Gasteiger partial charge is 0.475 e. The van der Waals surface area contributed by atoms with Crippen molar-refractivity contribution in [2.75, 3.05) is 13.1 Å². The largest absolute Gasteiger partial charge is 0.490 e. The maximum Gasteiger partial charge on any atom is 0.490 e. The Bertz CT molecular complexity index is 1100. The number of hydrogen-bond acceptors (Lipinski definition) is 6. The first-order valence-corrected chi connectivity index (χ1v) is 10.3. The third-order valence-corrected chi connectivity index (χ3v) is 4.65. The van der Waals surface area contributed by atoms with E-state index in [1.165, 1.54) is 12.4 Å². The fourth-order valence-electron chi connectivity index (χ4n) is 2.64. The van der Waals surface area contributed by atoms with Crippen LogP contribution in [-0.2, 0) is 14.4 Å². The molecule has 0 spiro atoms. The van der Waals surface area contributed by atoms with Crippen LogP contribution >= 0.6 is 0 Å². The van der Waals surface area contributed by atoms with Gasteiger partial charge in [-0.15, -0.1) is 0 Å². The molecule has 10 nitrogen and oxygen atoms in total. The minimum Gasteiger partial charge on any atom is -0.475 e.